The van der Waals surface area contributed by atoms with E-state index in [-0.39, 0.29) is 17.6 Å². The van der Waals surface area contributed by atoms with Gasteiger partial charge in [-0.05, 0) is 25.0 Å². The van der Waals surface area contributed by atoms with Gasteiger partial charge in [0.2, 0.25) is 11.8 Å². The highest BCUT2D eigenvalue weighted by Crippen LogP contribution is 2.55. The Bertz CT molecular complexity index is 1150. The largest absolute Gasteiger partial charge is 0.497 e. The summed E-state index contributed by atoms with van der Waals surface area (Å²) in [6.07, 6.45) is 11.7. The number of benzene rings is 1. The van der Waals surface area contributed by atoms with Gasteiger partial charge in [-0.25, -0.2) is 0 Å². The first-order chi connectivity index (χ1) is 18.9. The van der Waals surface area contributed by atoms with Gasteiger partial charge in [0.25, 0.3) is 0 Å². The Balaban J connectivity index is 1.30. The number of fused-ring (bicyclic) bond motifs is 1. The van der Waals surface area contributed by atoms with E-state index in [9.17, 15) is 14.4 Å². The number of likely N-dealkylation sites (N-methyl/N-ethyl adjacent to an activating group) is 1. The molecule has 1 saturated carbocycles. The van der Waals surface area contributed by atoms with Crippen molar-refractivity contribution < 1.29 is 28.8 Å². The second-order valence-electron chi connectivity index (χ2n) is 12.2. The van der Waals surface area contributed by atoms with Gasteiger partial charge < -0.3 is 24.6 Å². The number of nitrogens with one attached hydrogen (secondary N) is 2. The highest BCUT2D eigenvalue weighted by molar-refractivity contribution is 6.03. The molecule has 2 amide bonds. The molecule has 1 aromatic rings. The van der Waals surface area contributed by atoms with Crippen molar-refractivity contribution >= 4 is 23.3 Å². The van der Waals surface area contributed by atoms with E-state index < -0.39 is 29.6 Å². The molecule has 4 fully saturated rings. The molecule has 39 heavy (non-hydrogen) atoms. The van der Waals surface area contributed by atoms with E-state index in [2.05, 4.69) is 12.2 Å². The molecule has 8 nitrogen and oxygen atoms in total. The van der Waals surface area contributed by atoms with Gasteiger partial charge in [0, 0.05) is 31.0 Å². The van der Waals surface area contributed by atoms with Crippen LogP contribution in [0.5, 0.6) is 5.75 Å². The molecule has 5 aliphatic rings. The smallest absolute Gasteiger partial charge is 0.231 e. The van der Waals surface area contributed by atoms with E-state index in [0.29, 0.717) is 36.4 Å². The summed E-state index contributed by atoms with van der Waals surface area (Å²) >= 11 is 0. The van der Waals surface area contributed by atoms with Crippen LogP contribution in [0.1, 0.15) is 58.3 Å². The molecule has 0 aromatic heterocycles. The second kappa shape index (κ2) is 10.7. The van der Waals surface area contributed by atoms with Crippen molar-refractivity contribution in [2.75, 3.05) is 32.1 Å². The van der Waals surface area contributed by atoms with Crippen LogP contribution in [-0.4, -0.2) is 73.0 Å². The van der Waals surface area contributed by atoms with Gasteiger partial charge in [0.05, 0.1) is 44.7 Å². The van der Waals surface area contributed by atoms with Gasteiger partial charge in [0.1, 0.15) is 23.4 Å². The first-order valence-corrected chi connectivity index (χ1v) is 14.9. The molecule has 2 N–H and O–H groups in total. The number of anilines is 1. The average Bonchev–Trinajstić information content (AvgIpc) is 3.70. The Kier molecular flexibility index (Phi) is 7.27. The Morgan fingerprint density at radius 2 is 2.00 bits per heavy atom. The standard InChI is InChI=1S/C31H41N3O5/c1-3-33-16-8-12-22(33)19-34-28(24(35)17-20-9-5-4-6-10-20)31-15-14-25(39-31)26(27(31)30(34)37)29(36)32-21-11-7-13-23(18-21)38-2/h7,11,13-15,18,20,22,25-28H,3-6,8-10,12,16-17,19H2,1-2H3,(H,32,36)/p+1. The van der Waals surface area contributed by atoms with E-state index >= 15 is 0 Å². The lowest BCUT2D eigenvalue weighted by molar-refractivity contribution is -0.909. The molecule has 7 atom stereocenters. The molecule has 1 aliphatic carbocycles. The molecule has 1 spiro atoms. The van der Waals surface area contributed by atoms with Crippen LogP contribution in [0.4, 0.5) is 5.69 Å². The van der Waals surface area contributed by atoms with Gasteiger partial charge in [-0.1, -0.05) is 50.3 Å². The van der Waals surface area contributed by atoms with Crippen LogP contribution in [0, 0.1) is 17.8 Å². The van der Waals surface area contributed by atoms with E-state index in [1.165, 1.54) is 24.2 Å². The topological polar surface area (TPSA) is 89.4 Å². The second-order valence-corrected chi connectivity index (χ2v) is 12.2. The number of ketones is 1. The number of nitrogens with zero attached hydrogens (tertiary/aromatic N) is 1. The van der Waals surface area contributed by atoms with Gasteiger partial charge in [-0.2, -0.15) is 0 Å². The number of hydrogen-bond acceptors (Lipinski definition) is 5. The number of ether oxygens (including phenoxy) is 2. The Morgan fingerprint density at radius 1 is 1.18 bits per heavy atom. The van der Waals surface area contributed by atoms with Crippen LogP contribution in [0.3, 0.4) is 0 Å². The average molecular weight is 537 g/mol. The quantitative estimate of drug-likeness (QED) is 0.473. The van der Waals surface area contributed by atoms with Crippen molar-refractivity contribution in [2.24, 2.45) is 17.8 Å². The van der Waals surface area contributed by atoms with Crippen LogP contribution >= 0.6 is 0 Å². The maximum atomic E-state index is 14.3. The van der Waals surface area contributed by atoms with E-state index in [0.717, 1.165) is 38.8 Å². The Morgan fingerprint density at radius 3 is 2.77 bits per heavy atom. The number of quaternary nitrogens is 1. The molecule has 6 rings (SSSR count). The first-order valence-electron chi connectivity index (χ1n) is 14.9. The third-order valence-electron chi connectivity index (χ3n) is 10.0. The molecule has 7 unspecified atom stereocenters. The monoisotopic (exact) mass is 536 g/mol. The number of carbonyl (C=O) groups excluding carboxylic acids is 3. The fourth-order valence-corrected chi connectivity index (χ4v) is 8.16. The lowest BCUT2D eigenvalue weighted by Gasteiger charge is -2.35. The minimum Gasteiger partial charge on any atom is -0.497 e. The van der Waals surface area contributed by atoms with Crippen molar-refractivity contribution in [1.82, 2.24) is 4.90 Å². The van der Waals surface area contributed by atoms with Gasteiger partial charge in [-0.3, -0.25) is 14.4 Å². The maximum absolute atomic E-state index is 14.3. The summed E-state index contributed by atoms with van der Waals surface area (Å²) in [5.74, 6) is -0.599. The van der Waals surface area contributed by atoms with E-state index in [4.69, 9.17) is 9.47 Å². The molecule has 1 aromatic carbocycles. The summed E-state index contributed by atoms with van der Waals surface area (Å²) in [5.41, 5.74) is -0.449. The highest BCUT2D eigenvalue weighted by Gasteiger charge is 2.72. The van der Waals surface area contributed by atoms with Crippen LogP contribution in [0.25, 0.3) is 0 Å². The number of carbonyl (C=O) groups is 3. The van der Waals surface area contributed by atoms with Crippen molar-refractivity contribution in [3.63, 3.8) is 0 Å². The van der Waals surface area contributed by atoms with Crippen LogP contribution in [-0.2, 0) is 19.1 Å². The lowest BCUT2D eigenvalue weighted by Crippen LogP contribution is -3.14. The molecular weight excluding hydrogens is 494 g/mol. The zero-order valence-corrected chi connectivity index (χ0v) is 23.2. The summed E-state index contributed by atoms with van der Waals surface area (Å²) in [4.78, 5) is 45.4. The Hall–Kier alpha value is -2.71. The molecule has 3 saturated heterocycles. The fraction of sp³-hybridized carbons (Fsp3) is 0.645. The van der Waals surface area contributed by atoms with E-state index in [1.54, 1.807) is 13.2 Å². The highest BCUT2D eigenvalue weighted by atomic mass is 16.5. The molecule has 210 valence electrons. The molecule has 2 bridgehead atoms. The number of hydrogen-bond donors (Lipinski definition) is 2. The fourth-order valence-electron chi connectivity index (χ4n) is 8.16. The number of rotatable bonds is 9. The number of Topliss-reactive ketones (excluding diaryl/α,β-unsaturated/α-hetero) is 1. The molecule has 4 heterocycles. The first kappa shape index (κ1) is 26.5. The lowest BCUT2D eigenvalue weighted by atomic mass is 9.72. The summed E-state index contributed by atoms with van der Waals surface area (Å²) in [7, 11) is 1.58. The summed E-state index contributed by atoms with van der Waals surface area (Å²) in [6, 6.07) is 6.86. The zero-order chi connectivity index (χ0) is 27.1. The molecule has 0 radical (unpaired) electrons. The molecular formula is C31H42N3O5+. The Labute approximate surface area is 231 Å². The minimum atomic E-state index is -1.06. The molecule has 8 heteroatoms. The SMILES string of the molecule is CC[NH+]1CCCC1CN1C(=O)C2C(C(=O)Nc3cccc(OC)c3)C3C=CC2(O3)C1C(=O)CC1CCCCC1. The van der Waals surface area contributed by atoms with Crippen molar-refractivity contribution in [3.8, 4) is 5.75 Å². The van der Waals surface area contributed by atoms with Crippen molar-refractivity contribution in [1.29, 1.82) is 0 Å². The van der Waals surface area contributed by atoms with Crippen molar-refractivity contribution in [2.45, 2.75) is 82.1 Å². The maximum Gasteiger partial charge on any atom is 0.231 e. The van der Waals surface area contributed by atoms with Gasteiger partial charge in [-0.15, -0.1) is 0 Å². The molecule has 4 aliphatic heterocycles. The number of likely N-dealkylation sites (tertiary alicyclic amines) is 2. The van der Waals surface area contributed by atoms with E-state index in [1.807, 2.05) is 35.3 Å². The zero-order valence-electron chi connectivity index (χ0n) is 23.2. The predicted octanol–water partition coefficient (Wildman–Crippen LogP) is 2.39. The summed E-state index contributed by atoms with van der Waals surface area (Å²) < 4.78 is 11.9. The predicted molar refractivity (Wildman–Crippen MR) is 146 cm³/mol. The summed E-state index contributed by atoms with van der Waals surface area (Å²) in [5, 5.41) is 2.99. The van der Waals surface area contributed by atoms with Crippen molar-refractivity contribution in [3.05, 3.63) is 36.4 Å². The van der Waals surface area contributed by atoms with Crippen LogP contribution in [0.15, 0.2) is 36.4 Å². The minimum absolute atomic E-state index is 0.100. The third kappa shape index (κ3) is 4.59. The van der Waals surface area contributed by atoms with Crippen LogP contribution in [0.2, 0.25) is 0 Å². The number of amides is 2. The normalized spacial score (nSPS) is 35.4. The third-order valence-corrected chi connectivity index (χ3v) is 10.0. The summed E-state index contributed by atoms with van der Waals surface area (Å²) in [6.45, 7) is 4.84. The van der Waals surface area contributed by atoms with Gasteiger partial charge >= 0.3 is 0 Å². The number of methoxy groups -OCH3 is 1. The van der Waals surface area contributed by atoms with Gasteiger partial charge in [0.15, 0.2) is 5.78 Å². The van der Waals surface area contributed by atoms with Crippen LogP contribution < -0.4 is 15.0 Å².